The molecule has 1 saturated heterocycles. The van der Waals surface area contributed by atoms with Gasteiger partial charge in [-0.15, -0.1) is 0 Å². The number of carbonyl (C=O) groups excluding carboxylic acids is 3. The van der Waals surface area contributed by atoms with Gasteiger partial charge < -0.3 is 4.74 Å². The lowest BCUT2D eigenvalue weighted by atomic mass is 10.1. The van der Waals surface area contributed by atoms with E-state index >= 15 is 0 Å². The molecule has 7 heteroatoms. The van der Waals surface area contributed by atoms with Gasteiger partial charge in [0, 0.05) is 10.6 Å². The normalized spacial score (nSPS) is 16.4. The fourth-order valence-electron chi connectivity index (χ4n) is 1.76. The van der Waals surface area contributed by atoms with E-state index in [4.69, 9.17) is 11.6 Å². The van der Waals surface area contributed by atoms with Gasteiger partial charge in [-0.2, -0.15) is 0 Å². The number of benzene rings is 1. The first-order valence-electron chi connectivity index (χ1n) is 6.03. The fraction of sp³-hybridized carbons (Fsp3) is 0.214. The maximum atomic E-state index is 12.2. The van der Waals surface area contributed by atoms with Crippen LogP contribution >= 0.6 is 23.4 Å². The zero-order chi connectivity index (χ0) is 15.4. The van der Waals surface area contributed by atoms with E-state index in [0.717, 1.165) is 0 Å². The molecule has 1 amide bonds. The predicted octanol–water partition coefficient (Wildman–Crippen LogP) is 2.11. The zero-order valence-electron chi connectivity index (χ0n) is 11.2. The third kappa shape index (κ3) is 3.86. The van der Waals surface area contributed by atoms with Crippen molar-refractivity contribution in [2.24, 2.45) is 0 Å². The molecule has 110 valence electrons. The highest BCUT2D eigenvalue weighted by atomic mass is 35.5. The summed E-state index contributed by atoms with van der Waals surface area (Å²) in [6, 6.07) is 6.51. The van der Waals surface area contributed by atoms with Gasteiger partial charge in [0.2, 0.25) is 5.91 Å². The van der Waals surface area contributed by atoms with Crippen LogP contribution in [0.3, 0.4) is 0 Å². The summed E-state index contributed by atoms with van der Waals surface area (Å²) < 4.78 is 4.53. The Bertz CT molecular complexity index is 629. The quantitative estimate of drug-likeness (QED) is 0.482. The van der Waals surface area contributed by atoms with E-state index in [1.807, 2.05) is 0 Å². The monoisotopic (exact) mass is 325 g/mol. The molecule has 21 heavy (non-hydrogen) atoms. The summed E-state index contributed by atoms with van der Waals surface area (Å²) in [4.78, 5) is 36.6. The van der Waals surface area contributed by atoms with E-state index in [0.29, 0.717) is 15.6 Å². The molecule has 1 aromatic carbocycles. The van der Waals surface area contributed by atoms with Crippen LogP contribution in [-0.2, 0) is 14.3 Å². The van der Waals surface area contributed by atoms with Crippen molar-refractivity contribution in [1.82, 2.24) is 4.90 Å². The first-order chi connectivity index (χ1) is 10.0. The van der Waals surface area contributed by atoms with Gasteiger partial charge in [0.1, 0.15) is 0 Å². The number of thioether (sulfide) groups is 1. The minimum absolute atomic E-state index is 0.130. The van der Waals surface area contributed by atoms with E-state index in [9.17, 15) is 14.4 Å². The van der Waals surface area contributed by atoms with Crippen LogP contribution in [0, 0.1) is 0 Å². The lowest BCUT2D eigenvalue weighted by molar-refractivity contribution is -0.134. The molecule has 5 nitrogen and oxygen atoms in total. The Kier molecular flexibility index (Phi) is 5.03. The molecule has 0 aromatic heterocycles. The van der Waals surface area contributed by atoms with E-state index in [-0.39, 0.29) is 24.0 Å². The molecule has 0 aliphatic carbocycles. The molecule has 2 rings (SSSR count). The highest BCUT2D eigenvalue weighted by molar-refractivity contribution is 8.04. The van der Waals surface area contributed by atoms with Gasteiger partial charge in [-0.3, -0.25) is 14.5 Å². The molecule has 1 heterocycles. The standard InChI is InChI=1S/C14H12ClNO4S/c1-20-14(19)6-13-16(12(18)8-21-13)7-11(17)9-3-2-4-10(15)5-9/h2-6H,7-8H2,1H3/b13-6+. The molecular weight excluding hydrogens is 314 g/mol. The Morgan fingerprint density at radius 3 is 2.90 bits per heavy atom. The molecular formula is C14H12ClNO4S. The van der Waals surface area contributed by atoms with Crippen molar-refractivity contribution in [3.8, 4) is 0 Å². The Morgan fingerprint density at radius 2 is 2.24 bits per heavy atom. The van der Waals surface area contributed by atoms with Crippen LogP contribution in [-0.4, -0.2) is 42.0 Å². The first-order valence-corrected chi connectivity index (χ1v) is 7.39. The van der Waals surface area contributed by atoms with Crippen molar-refractivity contribution >= 4 is 41.0 Å². The zero-order valence-corrected chi connectivity index (χ0v) is 12.7. The molecule has 0 spiro atoms. The third-order valence-electron chi connectivity index (χ3n) is 2.80. The summed E-state index contributed by atoms with van der Waals surface area (Å²) in [5, 5.41) is 0.871. The van der Waals surface area contributed by atoms with Crippen molar-refractivity contribution in [2.75, 3.05) is 19.4 Å². The SMILES string of the molecule is COC(=O)/C=C1/SCC(=O)N1CC(=O)c1cccc(Cl)c1. The van der Waals surface area contributed by atoms with Crippen LogP contribution in [0.15, 0.2) is 35.4 Å². The van der Waals surface area contributed by atoms with Gasteiger partial charge in [0.15, 0.2) is 5.78 Å². The number of hydrogen-bond acceptors (Lipinski definition) is 5. The Hall–Kier alpha value is -1.79. The van der Waals surface area contributed by atoms with Gasteiger partial charge in [-0.25, -0.2) is 4.79 Å². The number of methoxy groups -OCH3 is 1. The lowest BCUT2D eigenvalue weighted by Crippen LogP contribution is -2.31. The Balaban J connectivity index is 2.16. The van der Waals surface area contributed by atoms with Crippen molar-refractivity contribution in [3.05, 3.63) is 46.0 Å². The van der Waals surface area contributed by atoms with Crippen molar-refractivity contribution in [2.45, 2.75) is 0 Å². The first kappa shape index (κ1) is 15.6. The predicted molar refractivity (Wildman–Crippen MR) is 80.1 cm³/mol. The van der Waals surface area contributed by atoms with Crippen molar-refractivity contribution in [1.29, 1.82) is 0 Å². The molecule has 1 aliphatic rings. The van der Waals surface area contributed by atoms with Crippen LogP contribution in [0.25, 0.3) is 0 Å². The van der Waals surface area contributed by atoms with Gasteiger partial charge in [-0.1, -0.05) is 35.5 Å². The summed E-state index contributed by atoms with van der Waals surface area (Å²) >= 11 is 7.04. The highest BCUT2D eigenvalue weighted by Gasteiger charge is 2.29. The summed E-state index contributed by atoms with van der Waals surface area (Å²) in [7, 11) is 1.25. The Labute approximate surface area is 130 Å². The molecule has 1 aliphatic heterocycles. The van der Waals surface area contributed by atoms with Gasteiger partial charge >= 0.3 is 5.97 Å². The number of Topliss-reactive ketones (excluding diaryl/α,β-unsaturated/α-hetero) is 1. The second-order valence-electron chi connectivity index (χ2n) is 4.21. The summed E-state index contributed by atoms with van der Waals surface area (Å²) in [6.45, 7) is -0.130. The largest absolute Gasteiger partial charge is 0.466 e. The van der Waals surface area contributed by atoms with Crippen molar-refractivity contribution < 1.29 is 19.1 Å². The average molecular weight is 326 g/mol. The second-order valence-corrected chi connectivity index (χ2v) is 5.64. The fourth-order valence-corrected chi connectivity index (χ4v) is 2.88. The van der Waals surface area contributed by atoms with Crippen LogP contribution < -0.4 is 0 Å². The number of amides is 1. The summed E-state index contributed by atoms with van der Waals surface area (Å²) in [5.74, 6) is -0.826. The van der Waals surface area contributed by atoms with Crippen LogP contribution in [0.1, 0.15) is 10.4 Å². The van der Waals surface area contributed by atoms with Gasteiger partial charge in [0.05, 0.1) is 30.5 Å². The molecule has 0 N–H and O–H groups in total. The minimum Gasteiger partial charge on any atom is -0.466 e. The maximum absolute atomic E-state index is 12.2. The third-order valence-corrected chi connectivity index (χ3v) is 4.06. The smallest absolute Gasteiger partial charge is 0.333 e. The van der Waals surface area contributed by atoms with Crippen LogP contribution in [0.4, 0.5) is 0 Å². The highest BCUT2D eigenvalue weighted by Crippen LogP contribution is 2.29. The minimum atomic E-state index is -0.563. The van der Waals surface area contributed by atoms with E-state index in [1.165, 1.54) is 29.8 Å². The van der Waals surface area contributed by atoms with Gasteiger partial charge in [-0.05, 0) is 12.1 Å². The number of hydrogen-bond donors (Lipinski definition) is 0. The number of halogens is 1. The number of ether oxygens (including phenoxy) is 1. The lowest BCUT2D eigenvalue weighted by Gasteiger charge is -2.16. The van der Waals surface area contributed by atoms with Crippen LogP contribution in [0.5, 0.6) is 0 Å². The summed E-state index contributed by atoms with van der Waals surface area (Å²) in [6.07, 6.45) is 1.21. The van der Waals surface area contributed by atoms with E-state index in [2.05, 4.69) is 4.74 Å². The second kappa shape index (κ2) is 6.78. The molecule has 0 radical (unpaired) electrons. The van der Waals surface area contributed by atoms with E-state index in [1.54, 1.807) is 24.3 Å². The number of carbonyl (C=O) groups is 3. The molecule has 0 atom stereocenters. The van der Waals surface area contributed by atoms with E-state index < -0.39 is 5.97 Å². The maximum Gasteiger partial charge on any atom is 0.333 e. The van der Waals surface area contributed by atoms with Crippen LogP contribution in [0.2, 0.25) is 5.02 Å². The molecule has 0 saturated carbocycles. The Morgan fingerprint density at radius 1 is 1.48 bits per heavy atom. The molecule has 0 unspecified atom stereocenters. The molecule has 1 aromatic rings. The average Bonchev–Trinajstić information content (AvgIpc) is 2.80. The van der Waals surface area contributed by atoms with Crippen molar-refractivity contribution in [3.63, 3.8) is 0 Å². The molecule has 0 bridgehead atoms. The number of rotatable bonds is 4. The summed E-state index contributed by atoms with van der Waals surface area (Å²) in [5.41, 5.74) is 0.421. The van der Waals surface area contributed by atoms with Gasteiger partial charge in [0.25, 0.3) is 0 Å². The number of ketones is 1. The number of esters is 1. The number of nitrogens with zero attached hydrogens (tertiary/aromatic N) is 1. The molecule has 1 fully saturated rings. The topological polar surface area (TPSA) is 63.7 Å².